The fourth-order valence-electron chi connectivity index (χ4n) is 2.75. The van der Waals surface area contributed by atoms with Gasteiger partial charge in [0.25, 0.3) is 5.91 Å². The molecule has 2 aromatic carbocycles. The molecule has 3 rings (SSSR count). The van der Waals surface area contributed by atoms with Crippen LogP contribution in [-0.2, 0) is 21.4 Å². The maximum atomic E-state index is 13.3. The summed E-state index contributed by atoms with van der Waals surface area (Å²) in [4.78, 5) is 16.5. The molecule has 0 aliphatic rings. The highest BCUT2D eigenvalue weighted by Gasteiger charge is 2.27. The van der Waals surface area contributed by atoms with Crippen LogP contribution in [0.2, 0.25) is 10.0 Å². The van der Waals surface area contributed by atoms with Gasteiger partial charge in [-0.15, -0.1) is 0 Å². The fourth-order valence-corrected chi connectivity index (χ4v) is 4.59. The second-order valence-corrected chi connectivity index (χ2v) is 9.68. The zero-order valence-corrected chi connectivity index (χ0v) is 19.4. The number of halogens is 2. The number of benzene rings is 2. The van der Waals surface area contributed by atoms with E-state index in [4.69, 9.17) is 23.2 Å². The largest absolute Gasteiger partial charge is 0.272 e. The third kappa shape index (κ3) is 6.37. The summed E-state index contributed by atoms with van der Waals surface area (Å²) in [6.45, 7) is 1.28. The first kappa shape index (κ1) is 23.9. The van der Waals surface area contributed by atoms with Gasteiger partial charge in [0.05, 0.1) is 17.7 Å². The molecular formula is C22H20Cl2N4O3S. The van der Waals surface area contributed by atoms with E-state index in [2.05, 4.69) is 15.5 Å². The summed E-state index contributed by atoms with van der Waals surface area (Å²) >= 11 is 12.2. The van der Waals surface area contributed by atoms with Gasteiger partial charge in [0, 0.05) is 29.0 Å². The van der Waals surface area contributed by atoms with Crippen molar-refractivity contribution in [2.24, 2.45) is 5.10 Å². The van der Waals surface area contributed by atoms with Crippen molar-refractivity contribution in [3.8, 4) is 0 Å². The Balaban J connectivity index is 1.83. The Morgan fingerprint density at radius 2 is 1.78 bits per heavy atom. The number of aromatic nitrogens is 1. The average Bonchev–Trinajstić information content (AvgIpc) is 2.76. The molecule has 0 aliphatic heterocycles. The van der Waals surface area contributed by atoms with E-state index in [9.17, 15) is 13.2 Å². The van der Waals surface area contributed by atoms with Crippen molar-refractivity contribution < 1.29 is 13.2 Å². The molecule has 10 heteroatoms. The van der Waals surface area contributed by atoms with Crippen LogP contribution in [0, 0.1) is 6.92 Å². The van der Waals surface area contributed by atoms with Gasteiger partial charge >= 0.3 is 0 Å². The van der Waals surface area contributed by atoms with Gasteiger partial charge < -0.3 is 0 Å². The van der Waals surface area contributed by atoms with Gasteiger partial charge in [-0.05, 0) is 54.4 Å². The number of nitrogens with one attached hydrogen (secondary N) is 1. The lowest BCUT2D eigenvalue weighted by molar-refractivity contribution is -0.121. The molecule has 0 aliphatic carbocycles. The first-order valence-corrected chi connectivity index (χ1v) is 11.7. The van der Waals surface area contributed by atoms with Crippen molar-refractivity contribution >= 4 is 45.3 Å². The molecule has 0 spiro atoms. The molecule has 1 aromatic heterocycles. The molecular weight excluding hydrogens is 471 g/mol. The summed E-state index contributed by atoms with van der Waals surface area (Å²) in [6, 6.07) is 14.6. The molecule has 0 saturated carbocycles. The van der Waals surface area contributed by atoms with Crippen LogP contribution in [-0.4, -0.2) is 36.4 Å². The third-order valence-electron chi connectivity index (χ3n) is 4.45. The predicted molar refractivity (Wildman–Crippen MR) is 125 cm³/mol. The highest BCUT2D eigenvalue weighted by Crippen LogP contribution is 2.25. The minimum absolute atomic E-state index is 0.0706. The molecule has 0 unspecified atom stereocenters. The van der Waals surface area contributed by atoms with Crippen molar-refractivity contribution in [2.45, 2.75) is 18.4 Å². The van der Waals surface area contributed by atoms with E-state index in [1.807, 2.05) is 6.92 Å². The average molecular weight is 491 g/mol. The molecule has 1 heterocycles. The summed E-state index contributed by atoms with van der Waals surface area (Å²) in [5.41, 5.74) is 4.52. The van der Waals surface area contributed by atoms with E-state index in [1.165, 1.54) is 24.4 Å². The zero-order valence-electron chi connectivity index (χ0n) is 17.1. The molecule has 0 saturated heterocycles. The minimum Gasteiger partial charge on any atom is -0.272 e. The van der Waals surface area contributed by atoms with Crippen LogP contribution in [0.15, 0.2) is 77.0 Å². The molecule has 0 fully saturated rings. The number of hydrogen-bond acceptors (Lipinski definition) is 5. The highest BCUT2D eigenvalue weighted by molar-refractivity contribution is 7.89. The molecule has 1 N–H and O–H groups in total. The summed E-state index contributed by atoms with van der Waals surface area (Å²) in [6.07, 6.45) is 4.62. The molecule has 3 aromatic rings. The van der Waals surface area contributed by atoms with Crippen LogP contribution in [0.4, 0.5) is 0 Å². The molecule has 0 bridgehead atoms. The topological polar surface area (TPSA) is 91.7 Å². The summed E-state index contributed by atoms with van der Waals surface area (Å²) in [5.74, 6) is -0.601. The highest BCUT2D eigenvalue weighted by atomic mass is 35.5. The SMILES string of the molecule is Cc1ccc(S(=O)(=O)N(CC(=O)N/N=C/c2ccncc2)Cc2ccc(Cl)cc2Cl)cc1. The van der Waals surface area contributed by atoms with Gasteiger partial charge in [-0.25, -0.2) is 13.8 Å². The third-order valence-corrected chi connectivity index (χ3v) is 6.84. The number of carbonyl (C=O) groups is 1. The Morgan fingerprint density at radius 3 is 2.44 bits per heavy atom. The minimum atomic E-state index is -3.99. The lowest BCUT2D eigenvalue weighted by Crippen LogP contribution is -2.39. The van der Waals surface area contributed by atoms with E-state index in [0.717, 1.165) is 15.4 Å². The second kappa shape index (κ2) is 10.7. The number of hydrogen-bond donors (Lipinski definition) is 1. The number of aryl methyl sites for hydroxylation is 1. The first-order chi connectivity index (χ1) is 15.3. The number of hydrazone groups is 1. The number of rotatable bonds is 8. The van der Waals surface area contributed by atoms with Gasteiger partial charge in [0.15, 0.2) is 0 Å². The number of pyridine rings is 1. The Kier molecular flexibility index (Phi) is 7.98. The molecule has 1 amide bonds. The smallest absolute Gasteiger partial charge is 0.255 e. The quantitative estimate of drug-likeness (QED) is 0.380. The zero-order chi connectivity index (χ0) is 23.1. The van der Waals surface area contributed by atoms with E-state index >= 15 is 0 Å². The van der Waals surface area contributed by atoms with Crippen LogP contribution >= 0.6 is 23.2 Å². The van der Waals surface area contributed by atoms with Crippen molar-refractivity contribution in [2.75, 3.05) is 6.54 Å². The normalized spacial score (nSPS) is 11.8. The van der Waals surface area contributed by atoms with Gasteiger partial charge in [-0.2, -0.15) is 9.41 Å². The van der Waals surface area contributed by atoms with E-state index in [1.54, 1.807) is 48.8 Å². The molecule has 32 heavy (non-hydrogen) atoms. The molecule has 0 atom stereocenters. The van der Waals surface area contributed by atoms with E-state index in [0.29, 0.717) is 15.6 Å². The molecule has 7 nitrogen and oxygen atoms in total. The Morgan fingerprint density at radius 1 is 1.09 bits per heavy atom. The van der Waals surface area contributed by atoms with Crippen molar-refractivity contribution in [1.29, 1.82) is 0 Å². The van der Waals surface area contributed by atoms with Gasteiger partial charge in [0.2, 0.25) is 10.0 Å². The number of nitrogens with zero attached hydrogens (tertiary/aromatic N) is 3. The summed E-state index contributed by atoms with van der Waals surface area (Å²) < 4.78 is 27.6. The van der Waals surface area contributed by atoms with Crippen molar-refractivity contribution in [1.82, 2.24) is 14.7 Å². The fraction of sp³-hybridized carbons (Fsp3) is 0.136. The Bertz CT molecular complexity index is 1220. The first-order valence-electron chi connectivity index (χ1n) is 9.48. The number of amides is 1. The number of sulfonamides is 1. The predicted octanol–water partition coefficient (Wildman–Crippen LogP) is 4.04. The van der Waals surface area contributed by atoms with E-state index < -0.39 is 22.5 Å². The lowest BCUT2D eigenvalue weighted by Gasteiger charge is -2.22. The summed E-state index contributed by atoms with van der Waals surface area (Å²) in [5, 5.41) is 4.61. The van der Waals surface area contributed by atoms with Crippen LogP contribution in [0.1, 0.15) is 16.7 Å². The van der Waals surface area contributed by atoms with Crippen LogP contribution < -0.4 is 5.43 Å². The maximum absolute atomic E-state index is 13.3. The van der Waals surface area contributed by atoms with Gasteiger partial charge in [-0.3, -0.25) is 9.78 Å². The monoisotopic (exact) mass is 490 g/mol. The van der Waals surface area contributed by atoms with Crippen LogP contribution in [0.3, 0.4) is 0 Å². The lowest BCUT2D eigenvalue weighted by atomic mass is 10.2. The van der Waals surface area contributed by atoms with E-state index in [-0.39, 0.29) is 11.4 Å². The Labute approximate surface area is 196 Å². The van der Waals surface area contributed by atoms with Crippen LogP contribution in [0.5, 0.6) is 0 Å². The van der Waals surface area contributed by atoms with Gasteiger partial charge in [-0.1, -0.05) is 47.0 Å². The maximum Gasteiger partial charge on any atom is 0.255 e. The number of carbonyl (C=O) groups excluding carboxylic acids is 1. The van der Waals surface area contributed by atoms with Crippen molar-refractivity contribution in [3.63, 3.8) is 0 Å². The molecule has 0 radical (unpaired) electrons. The van der Waals surface area contributed by atoms with Crippen LogP contribution in [0.25, 0.3) is 0 Å². The summed E-state index contributed by atoms with van der Waals surface area (Å²) in [7, 11) is -3.99. The molecule has 166 valence electrons. The van der Waals surface area contributed by atoms with Gasteiger partial charge in [0.1, 0.15) is 0 Å². The van der Waals surface area contributed by atoms with Crippen molar-refractivity contribution in [3.05, 3.63) is 93.7 Å². The standard InChI is InChI=1S/C22H20Cl2N4O3S/c1-16-2-6-20(7-3-16)32(30,31)28(14-18-4-5-19(23)12-21(18)24)15-22(29)27-26-13-17-8-10-25-11-9-17/h2-13H,14-15H2,1H3,(H,27,29)/b26-13+. The Hall–Kier alpha value is -2.78. The second-order valence-electron chi connectivity index (χ2n) is 6.90.